The summed E-state index contributed by atoms with van der Waals surface area (Å²) >= 11 is 0. The number of hydrogen-bond acceptors (Lipinski definition) is 1. The molecule has 4 nitrogen and oxygen atoms in total. The van der Waals surface area contributed by atoms with Gasteiger partial charge in [-0.3, -0.25) is 0 Å². The van der Waals surface area contributed by atoms with Crippen molar-refractivity contribution >= 4 is 78.9 Å². The van der Waals surface area contributed by atoms with Gasteiger partial charge < -0.3 is 18.6 Å². The summed E-state index contributed by atoms with van der Waals surface area (Å²) in [5.41, 5.74) is 15.7. The van der Waals surface area contributed by atoms with Crippen molar-refractivity contribution in [2.45, 2.75) is 27.7 Å². The van der Waals surface area contributed by atoms with Gasteiger partial charge in [0, 0.05) is 66.9 Å². The van der Waals surface area contributed by atoms with Gasteiger partial charge in [-0.2, -0.15) is 0 Å². The molecular formula is C56H48N4. The first kappa shape index (κ1) is 38.0. The average molecular weight is 777 g/mol. The Morgan fingerprint density at radius 3 is 1.07 bits per heavy atom. The van der Waals surface area contributed by atoms with Crippen LogP contribution >= 0.6 is 0 Å². The van der Waals surface area contributed by atoms with Crippen LogP contribution < -0.4 is 4.90 Å². The van der Waals surface area contributed by atoms with Crippen LogP contribution in [0, 0.1) is 6.92 Å². The minimum absolute atomic E-state index is 1.05. The number of anilines is 3. The van der Waals surface area contributed by atoms with Gasteiger partial charge in [0.15, 0.2) is 0 Å². The smallest absolute Gasteiger partial charge is 0.0541 e. The highest BCUT2D eigenvalue weighted by atomic mass is 15.1. The fraction of sp³-hybridized carbons (Fsp3) is 0.0714. The zero-order chi connectivity index (χ0) is 41.3. The SMILES string of the molecule is C=Cc1c(C)c(C=C)n(-c2ccc(N(c3ccc(-n4c5ccccc5c5ccccc54)cc3)c3ccc(-n4c5ccccc5c5ccccc54)cc3)cc2)c1/C=C\C.CC. The van der Waals surface area contributed by atoms with E-state index in [-0.39, 0.29) is 0 Å². The number of hydrogen-bond donors (Lipinski definition) is 0. The molecule has 10 rings (SSSR count). The lowest BCUT2D eigenvalue weighted by molar-refractivity contribution is 1.04. The van der Waals surface area contributed by atoms with Crippen molar-refractivity contribution in [3.05, 3.63) is 212 Å². The summed E-state index contributed by atoms with van der Waals surface area (Å²) in [6.45, 7) is 16.5. The van der Waals surface area contributed by atoms with E-state index in [4.69, 9.17) is 0 Å². The molecule has 292 valence electrons. The Morgan fingerprint density at radius 2 is 0.750 bits per heavy atom. The molecule has 10 aromatic rings. The molecule has 0 aliphatic carbocycles. The van der Waals surface area contributed by atoms with Crippen molar-refractivity contribution < 1.29 is 0 Å². The van der Waals surface area contributed by atoms with E-state index >= 15 is 0 Å². The molecule has 0 unspecified atom stereocenters. The van der Waals surface area contributed by atoms with Crippen LogP contribution in [0.5, 0.6) is 0 Å². The van der Waals surface area contributed by atoms with Gasteiger partial charge in [0.1, 0.15) is 0 Å². The summed E-state index contributed by atoms with van der Waals surface area (Å²) in [7, 11) is 0. The molecule has 0 aliphatic heterocycles. The van der Waals surface area contributed by atoms with Crippen LogP contribution in [0.25, 0.3) is 78.9 Å². The Kier molecular flexibility index (Phi) is 10.1. The Hall–Kier alpha value is -7.56. The van der Waals surface area contributed by atoms with Gasteiger partial charge in [0.2, 0.25) is 0 Å². The van der Waals surface area contributed by atoms with Crippen LogP contribution in [0.2, 0.25) is 0 Å². The molecule has 3 aromatic heterocycles. The molecule has 4 heteroatoms. The number of nitrogens with zero attached hydrogens (tertiary/aromatic N) is 4. The summed E-state index contributed by atoms with van der Waals surface area (Å²) in [5, 5.41) is 5.01. The molecule has 7 aromatic carbocycles. The number of fused-ring (bicyclic) bond motifs is 6. The van der Waals surface area contributed by atoms with Gasteiger partial charge in [0.05, 0.1) is 27.8 Å². The van der Waals surface area contributed by atoms with Crippen LogP contribution in [-0.2, 0) is 0 Å². The van der Waals surface area contributed by atoms with Crippen LogP contribution in [-0.4, -0.2) is 13.7 Å². The summed E-state index contributed by atoms with van der Waals surface area (Å²) in [5.74, 6) is 0. The van der Waals surface area contributed by atoms with Gasteiger partial charge in [-0.05, 0) is 129 Å². The fourth-order valence-electron chi connectivity index (χ4n) is 8.95. The Morgan fingerprint density at radius 1 is 0.417 bits per heavy atom. The Labute approximate surface area is 352 Å². The second-order valence-electron chi connectivity index (χ2n) is 14.7. The van der Waals surface area contributed by atoms with Crippen molar-refractivity contribution in [3.8, 4) is 17.1 Å². The quantitative estimate of drug-likeness (QED) is 0.143. The molecule has 0 saturated heterocycles. The lowest BCUT2D eigenvalue weighted by atomic mass is 10.1. The predicted molar refractivity (Wildman–Crippen MR) is 260 cm³/mol. The summed E-state index contributed by atoms with van der Waals surface area (Å²) in [6.07, 6.45) is 8.10. The molecule has 0 saturated carbocycles. The predicted octanol–water partition coefficient (Wildman–Crippen LogP) is 15.8. The minimum atomic E-state index is 1.05. The second kappa shape index (κ2) is 16.0. The molecule has 60 heavy (non-hydrogen) atoms. The van der Waals surface area contributed by atoms with E-state index in [1.54, 1.807) is 0 Å². The van der Waals surface area contributed by atoms with Crippen LogP contribution in [0.4, 0.5) is 17.1 Å². The van der Waals surface area contributed by atoms with Crippen molar-refractivity contribution in [3.63, 3.8) is 0 Å². The maximum Gasteiger partial charge on any atom is 0.0541 e. The normalized spacial score (nSPS) is 11.4. The van der Waals surface area contributed by atoms with Gasteiger partial charge in [-0.15, -0.1) is 0 Å². The maximum absolute atomic E-state index is 4.18. The first-order chi connectivity index (χ1) is 29.6. The van der Waals surface area contributed by atoms with Gasteiger partial charge >= 0.3 is 0 Å². The van der Waals surface area contributed by atoms with Crippen molar-refractivity contribution in [1.82, 2.24) is 13.7 Å². The topological polar surface area (TPSA) is 18.0 Å². The zero-order valence-electron chi connectivity index (χ0n) is 34.7. The lowest BCUT2D eigenvalue weighted by Crippen LogP contribution is -2.11. The lowest BCUT2D eigenvalue weighted by Gasteiger charge is -2.26. The summed E-state index contributed by atoms with van der Waals surface area (Å²) < 4.78 is 7.00. The number of para-hydroxylation sites is 4. The number of aromatic nitrogens is 3. The van der Waals surface area contributed by atoms with E-state index in [9.17, 15) is 0 Å². The third kappa shape index (κ3) is 6.16. The van der Waals surface area contributed by atoms with Crippen LogP contribution in [0.1, 0.15) is 43.3 Å². The third-order valence-corrected chi connectivity index (χ3v) is 11.5. The number of benzene rings is 7. The fourth-order valence-corrected chi connectivity index (χ4v) is 8.95. The number of allylic oxidation sites excluding steroid dienone is 1. The second-order valence-corrected chi connectivity index (χ2v) is 14.7. The van der Waals surface area contributed by atoms with E-state index in [0.717, 1.165) is 56.6 Å². The Balaban J connectivity index is 0.00000228. The highest BCUT2D eigenvalue weighted by Crippen LogP contribution is 2.39. The van der Waals surface area contributed by atoms with Crippen molar-refractivity contribution in [2.75, 3.05) is 4.90 Å². The van der Waals surface area contributed by atoms with E-state index < -0.39 is 0 Å². The van der Waals surface area contributed by atoms with Gasteiger partial charge in [-0.1, -0.05) is 112 Å². The van der Waals surface area contributed by atoms with E-state index in [0.29, 0.717) is 0 Å². The summed E-state index contributed by atoms with van der Waals surface area (Å²) in [6, 6.07) is 61.3. The van der Waals surface area contributed by atoms with Crippen molar-refractivity contribution in [1.29, 1.82) is 0 Å². The number of rotatable bonds is 9. The average Bonchev–Trinajstić information content (AvgIpc) is 3.92. The van der Waals surface area contributed by atoms with Gasteiger partial charge in [-0.25, -0.2) is 0 Å². The van der Waals surface area contributed by atoms with Crippen molar-refractivity contribution in [2.24, 2.45) is 0 Å². The molecule has 0 amide bonds. The molecule has 3 heterocycles. The summed E-state index contributed by atoms with van der Waals surface area (Å²) in [4.78, 5) is 2.34. The minimum Gasteiger partial charge on any atom is -0.310 e. The van der Waals surface area contributed by atoms with Crippen LogP contribution in [0.15, 0.2) is 189 Å². The molecule has 0 atom stereocenters. The molecule has 0 radical (unpaired) electrons. The maximum atomic E-state index is 4.18. The molecular weight excluding hydrogens is 729 g/mol. The van der Waals surface area contributed by atoms with E-state index in [1.165, 1.54) is 43.6 Å². The largest absolute Gasteiger partial charge is 0.310 e. The van der Waals surface area contributed by atoms with Gasteiger partial charge in [0.25, 0.3) is 0 Å². The van der Waals surface area contributed by atoms with E-state index in [2.05, 4.69) is 221 Å². The zero-order valence-corrected chi connectivity index (χ0v) is 34.7. The highest BCUT2D eigenvalue weighted by molar-refractivity contribution is 6.10. The molecule has 0 aliphatic rings. The Bertz CT molecular complexity index is 2940. The molecule has 0 spiro atoms. The van der Waals surface area contributed by atoms with E-state index in [1.807, 2.05) is 32.9 Å². The first-order valence-corrected chi connectivity index (χ1v) is 20.8. The first-order valence-electron chi connectivity index (χ1n) is 20.8. The standard InChI is InChI=1S/C54H42N4.C2H6/c1-5-16-50-44(6-2)37(4)49(7-3)56(50)41-31-25-38(26-32-41)55(39-27-33-42(34-28-39)57-51-21-12-8-17-45(51)46-18-9-13-22-52(46)57)40-29-35-43(36-30-40)58-53-23-14-10-19-47(53)48-20-11-15-24-54(48)58;1-2/h5-36H,2-3H2,1,4H3;1-2H3/b16-5-;. The molecule has 0 fully saturated rings. The van der Waals surface area contributed by atoms with Crippen LogP contribution in [0.3, 0.4) is 0 Å². The third-order valence-electron chi connectivity index (χ3n) is 11.5. The highest BCUT2D eigenvalue weighted by Gasteiger charge is 2.19. The monoisotopic (exact) mass is 776 g/mol. The molecule has 0 bridgehead atoms. The molecule has 0 N–H and O–H groups in total.